The van der Waals surface area contributed by atoms with E-state index in [4.69, 9.17) is 5.11 Å². The highest BCUT2D eigenvalue weighted by atomic mass is 16.4. The first-order valence-corrected chi connectivity index (χ1v) is 6.87. The van der Waals surface area contributed by atoms with Gasteiger partial charge in [-0.05, 0) is 38.2 Å². The summed E-state index contributed by atoms with van der Waals surface area (Å²) in [6, 6.07) is 5.12. The molecule has 0 fully saturated rings. The first-order valence-electron chi connectivity index (χ1n) is 6.87. The first-order chi connectivity index (χ1) is 9.56. The Labute approximate surface area is 118 Å². The number of carbonyl (C=O) groups is 1. The fraction of sp³-hybridized carbons (Fsp3) is 0.500. The highest BCUT2D eigenvalue weighted by Crippen LogP contribution is 2.18. The van der Waals surface area contributed by atoms with E-state index in [-0.39, 0.29) is 11.6 Å². The summed E-state index contributed by atoms with van der Waals surface area (Å²) >= 11 is 0. The van der Waals surface area contributed by atoms with Crippen LogP contribution in [0.3, 0.4) is 0 Å². The fourth-order valence-electron chi connectivity index (χ4n) is 2.33. The zero-order chi connectivity index (χ0) is 14.7. The average molecular weight is 276 g/mol. The number of likely N-dealkylation sites (N-methyl/N-ethyl adjacent to an activating group) is 1. The summed E-state index contributed by atoms with van der Waals surface area (Å²) in [5, 5.41) is 17.2. The van der Waals surface area contributed by atoms with Gasteiger partial charge in [0, 0.05) is 6.54 Å². The van der Waals surface area contributed by atoms with Crippen LogP contribution in [-0.2, 0) is 0 Å². The number of carboxylic acid groups (broad SMARTS) is 1. The number of carboxylic acids is 1. The van der Waals surface area contributed by atoms with Crippen molar-refractivity contribution in [3.05, 3.63) is 23.8 Å². The Bertz CT molecular complexity index is 604. The number of aromatic carboxylic acids is 1. The predicted octanol–water partition coefficient (Wildman–Crippen LogP) is 2.03. The van der Waals surface area contributed by atoms with Crippen LogP contribution >= 0.6 is 0 Å². The number of benzene rings is 1. The van der Waals surface area contributed by atoms with E-state index in [1.807, 2.05) is 4.68 Å². The van der Waals surface area contributed by atoms with Crippen molar-refractivity contribution in [3.63, 3.8) is 0 Å². The second kappa shape index (κ2) is 6.00. The highest BCUT2D eigenvalue weighted by Gasteiger charge is 2.15. The molecule has 0 saturated heterocycles. The van der Waals surface area contributed by atoms with E-state index < -0.39 is 5.97 Å². The van der Waals surface area contributed by atoms with Crippen molar-refractivity contribution < 1.29 is 9.90 Å². The molecule has 1 aromatic heterocycles. The third-order valence-electron chi connectivity index (χ3n) is 3.55. The molecule has 1 atom stereocenters. The number of rotatable bonds is 6. The van der Waals surface area contributed by atoms with Gasteiger partial charge in [0.25, 0.3) is 0 Å². The standard InChI is InChI=1S/C14H20N4O2/c1-4-17(5-2)9-10(3)18-13-7-6-11(14(19)20)8-12(13)15-16-18/h6-8,10H,4-5,9H2,1-3H3,(H,19,20). The molecule has 2 rings (SSSR count). The molecule has 0 amide bonds. The smallest absolute Gasteiger partial charge is 0.335 e. The maximum atomic E-state index is 10.9. The van der Waals surface area contributed by atoms with Crippen LogP contribution in [0.2, 0.25) is 0 Å². The number of hydrogen-bond acceptors (Lipinski definition) is 4. The van der Waals surface area contributed by atoms with Crippen LogP contribution in [0, 0.1) is 0 Å². The molecule has 2 aromatic rings. The molecule has 20 heavy (non-hydrogen) atoms. The van der Waals surface area contributed by atoms with E-state index in [0.29, 0.717) is 5.52 Å². The molecule has 0 bridgehead atoms. The molecular formula is C14H20N4O2. The lowest BCUT2D eigenvalue weighted by atomic mass is 10.2. The van der Waals surface area contributed by atoms with Gasteiger partial charge in [0.1, 0.15) is 5.52 Å². The number of fused-ring (bicyclic) bond motifs is 1. The molecule has 108 valence electrons. The fourth-order valence-corrected chi connectivity index (χ4v) is 2.33. The topological polar surface area (TPSA) is 71.2 Å². The Morgan fingerprint density at radius 1 is 1.40 bits per heavy atom. The Balaban J connectivity index is 2.29. The molecule has 1 aromatic carbocycles. The van der Waals surface area contributed by atoms with E-state index in [2.05, 4.69) is 36.0 Å². The largest absolute Gasteiger partial charge is 0.478 e. The number of nitrogens with zero attached hydrogens (tertiary/aromatic N) is 4. The van der Waals surface area contributed by atoms with E-state index in [1.165, 1.54) is 0 Å². The quantitative estimate of drug-likeness (QED) is 0.874. The van der Waals surface area contributed by atoms with Crippen molar-refractivity contribution in [2.24, 2.45) is 0 Å². The third kappa shape index (κ3) is 2.80. The lowest BCUT2D eigenvalue weighted by Gasteiger charge is -2.22. The van der Waals surface area contributed by atoms with Crippen molar-refractivity contribution >= 4 is 17.0 Å². The van der Waals surface area contributed by atoms with Crippen LogP contribution in [0.25, 0.3) is 11.0 Å². The Hall–Kier alpha value is -1.95. The van der Waals surface area contributed by atoms with Crippen LogP contribution in [0.1, 0.15) is 37.2 Å². The molecule has 1 unspecified atom stereocenters. The minimum atomic E-state index is -0.947. The van der Waals surface area contributed by atoms with Crippen LogP contribution in [0.5, 0.6) is 0 Å². The molecule has 6 nitrogen and oxygen atoms in total. The molecule has 0 aliphatic rings. The van der Waals surface area contributed by atoms with Gasteiger partial charge in [-0.25, -0.2) is 9.48 Å². The summed E-state index contributed by atoms with van der Waals surface area (Å²) in [7, 11) is 0. The summed E-state index contributed by atoms with van der Waals surface area (Å²) in [4.78, 5) is 13.3. The summed E-state index contributed by atoms with van der Waals surface area (Å²) in [5.74, 6) is -0.947. The highest BCUT2D eigenvalue weighted by molar-refractivity contribution is 5.92. The molecule has 6 heteroatoms. The average Bonchev–Trinajstić information content (AvgIpc) is 2.87. The van der Waals surface area contributed by atoms with Crippen molar-refractivity contribution in [1.82, 2.24) is 19.9 Å². The van der Waals surface area contributed by atoms with E-state index in [9.17, 15) is 4.79 Å². The molecule has 0 aliphatic carbocycles. The lowest BCUT2D eigenvalue weighted by molar-refractivity contribution is 0.0697. The maximum Gasteiger partial charge on any atom is 0.335 e. The summed E-state index contributed by atoms with van der Waals surface area (Å²) < 4.78 is 1.86. The van der Waals surface area contributed by atoms with Crippen LogP contribution in [0.4, 0.5) is 0 Å². The van der Waals surface area contributed by atoms with Gasteiger partial charge in [-0.2, -0.15) is 0 Å². The summed E-state index contributed by atoms with van der Waals surface area (Å²) in [6.07, 6.45) is 0. The second-order valence-electron chi connectivity index (χ2n) is 4.88. The molecule has 0 saturated carbocycles. The number of hydrogen-bond donors (Lipinski definition) is 1. The normalized spacial score (nSPS) is 13.0. The van der Waals surface area contributed by atoms with Gasteiger partial charge in [0.05, 0.1) is 17.1 Å². The van der Waals surface area contributed by atoms with Crippen molar-refractivity contribution in [2.45, 2.75) is 26.8 Å². The zero-order valence-corrected chi connectivity index (χ0v) is 12.1. The molecular weight excluding hydrogens is 256 g/mol. The maximum absolute atomic E-state index is 10.9. The van der Waals surface area contributed by atoms with Gasteiger partial charge in [0.15, 0.2) is 0 Å². The van der Waals surface area contributed by atoms with Gasteiger partial charge >= 0.3 is 5.97 Å². The van der Waals surface area contributed by atoms with Gasteiger partial charge in [-0.3, -0.25) is 0 Å². The minimum Gasteiger partial charge on any atom is -0.478 e. The van der Waals surface area contributed by atoms with Gasteiger partial charge in [-0.1, -0.05) is 19.1 Å². The molecule has 0 spiro atoms. The van der Waals surface area contributed by atoms with Crippen LogP contribution < -0.4 is 0 Å². The molecule has 0 radical (unpaired) electrons. The van der Waals surface area contributed by atoms with Gasteiger partial charge < -0.3 is 10.0 Å². The van der Waals surface area contributed by atoms with Crippen LogP contribution in [-0.4, -0.2) is 50.6 Å². The minimum absolute atomic E-state index is 0.190. The van der Waals surface area contributed by atoms with Crippen molar-refractivity contribution in [3.8, 4) is 0 Å². The predicted molar refractivity (Wildman–Crippen MR) is 77.0 cm³/mol. The summed E-state index contributed by atoms with van der Waals surface area (Å²) in [5.41, 5.74) is 1.73. The Morgan fingerprint density at radius 3 is 2.70 bits per heavy atom. The van der Waals surface area contributed by atoms with Crippen molar-refractivity contribution in [2.75, 3.05) is 19.6 Å². The van der Waals surface area contributed by atoms with E-state index in [0.717, 1.165) is 25.2 Å². The summed E-state index contributed by atoms with van der Waals surface area (Å²) in [6.45, 7) is 9.25. The molecule has 1 N–H and O–H groups in total. The van der Waals surface area contributed by atoms with Crippen LogP contribution in [0.15, 0.2) is 18.2 Å². The first kappa shape index (κ1) is 14.5. The Morgan fingerprint density at radius 2 is 2.10 bits per heavy atom. The van der Waals surface area contributed by atoms with E-state index >= 15 is 0 Å². The lowest BCUT2D eigenvalue weighted by Crippen LogP contribution is -2.29. The van der Waals surface area contributed by atoms with Gasteiger partial charge in [0.2, 0.25) is 0 Å². The number of aromatic nitrogens is 3. The Kier molecular flexibility index (Phi) is 4.34. The molecule has 1 heterocycles. The monoisotopic (exact) mass is 276 g/mol. The van der Waals surface area contributed by atoms with E-state index in [1.54, 1.807) is 18.2 Å². The third-order valence-corrected chi connectivity index (χ3v) is 3.55. The second-order valence-corrected chi connectivity index (χ2v) is 4.88. The SMILES string of the molecule is CCN(CC)CC(C)n1nnc2cc(C(=O)O)ccc21. The van der Waals surface area contributed by atoms with Crippen molar-refractivity contribution in [1.29, 1.82) is 0 Å². The van der Waals surface area contributed by atoms with Gasteiger partial charge in [-0.15, -0.1) is 5.10 Å². The zero-order valence-electron chi connectivity index (χ0n) is 12.1. The molecule has 0 aliphatic heterocycles.